The molecule has 0 radical (unpaired) electrons. The van der Waals surface area contributed by atoms with Gasteiger partial charge in [-0.2, -0.15) is 0 Å². The smallest absolute Gasteiger partial charge is 0.126 e. The lowest BCUT2D eigenvalue weighted by Crippen LogP contribution is -2.21. The number of hydrogen-bond donors (Lipinski definition) is 2. The molecule has 0 aliphatic heterocycles. The Kier molecular flexibility index (Phi) is 5.52. The largest absolute Gasteiger partial charge is 0.395 e. The van der Waals surface area contributed by atoms with Crippen LogP contribution in [0.15, 0.2) is 23.7 Å². The van der Waals surface area contributed by atoms with Crippen molar-refractivity contribution in [2.45, 2.75) is 26.3 Å². The van der Waals surface area contributed by atoms with Gasteiger partial charge < -0.3 is 15.3 Å². The first-order chi connectivity index (χ1) is 10.1. The van der Waals surface area contributed by atoms with Crippen LogP contribution in [-0.2, 0) is 6.54 Å². The molecule has 0 saturated carbocycles. The number of likely N-dealkylation sites (N-methyl/N-ethyl adjacent to an activating group) is 1. The Morgan fingerprint density at radius 1 is 1.38 bits per heavy atom. The molecule has 2 aromatic heterocycles. The monoisotopic (exact) mass is 306 g/mol. The Morgan fingerprint density at radius 2 is 2.19 bits per heavy atom. The van der Waals surface area contributed by atoms with Gasteiger partial charge >= 0.3 is 0 Å². The highest BCUT2D eigenvalue weighted by Gasteiger charge is 2.06. The number of aromatic nitrogens is 2. The lowest BCUT2D eigenvalue weighted by atomic mass is 10.2. The van der Waals surface area contributed by atoms with E-state index in [9.17, 15) is 0 Å². The van der Waals surface area contributed by atoms with E-state index in [0.29, 0.717) is 19.0 Å². The van der Waals surface area contributed by atoms with Crippen molar-refractivity contribution in [3.05, 3.63) is 34.4 Å². The molecule has 5 nitrogen and oxygen atoms in total. The second-order valence-electron chi connectivity index (χ2n) is 5.23. The number of rotatable bonds is 7. The van der Waals surface area contributed by atoms with E-state index in [4.69, 9.17) is 5.11 Å². The highest BCUT2D eigenvalue weighted by Crippen LogP contribution is 2.20. The Balaban J connectivity index is 1.91. The van der Waals surface area contributed by atoms with Gasteiger partial charge in [0.05, 0.1) is 35.7 Å². The highest BCUT2D eigenvalue weighted by atomic mass is 32.1. The van der Waals surface area contributed by atoms with Gasteiger partial charge in [0.25, 0.3) is 0 Å². The van der Waals surface area contributed by atoms with Crippen LogP contribution in [0.1, 0.15) is 30.5 Å². The van der Waals surface area contributed by atoms with E-state index >= 15 is 0 Å². The summed E-state index contributed by atoms with van der Waals surface area (Å²) in [6.45, 7) is 5.73. The van der Waals surface area contributed by atoms with Crippen LogP contribution in [0.5, 0.6) is 0 Å². The van der Waals surface area contributed by atoms with E-state index in [1.807, 2.05) is 24.1 Å². The van der Waals surface area contributed by atoms with Crippen molar-refractivity contribution in [3.8, 4) is 0 Å². The number of thiazole rings is 1. The fourth-order valence-corrected chi connectivity index (χ4v) is 2.68. The summed E-state index contributed by atoms with van der Waals surface area (Å²) in [5.41, 5.74) is 2.04. The van der Waals surface area contributed by atoms with Crippen LogP contribution >= 0.6 is 11.3 Å². The molecular weight excluding hydrogens is 284 g/mol. The number of nitrogens with zero attached hydrogens (tertiary/aromatic N) is 3. The van der Waals surface area contributed by atoms with Crippen molar-refractivity contribution in [1.29, 1.82) is 0 Å². The summed E-state index contributed by atoms with van der Waals surface area (Å²) >= 11 is 1.70. The molecule has 0 amide bonds. The highest BCUT2D eigenvalue weighted by molar-refractivity contribution is 7.09. The number of pyridine rings is 1. The predicted octanol–water partition coefficient (Wildman–Crippen LogP) is 2.70. The molecule has 2 aromatic rings. The van der Waals surface area contributed by atoms with Gasteiger partial charge in [-0.15, -0.1) is 11.3 Å². The lowest BCUT2D eigenvalue weighted by Gasteiger charge is -2.17. The third-order valence-electron chi connectivity index (χ3n) is 3.14. The zero-order valence-corrected chi connectivity index (χ0v) is 13.5. The molecule has 0 aliphatic rings. The molecule has 21 heavy (non-hydrogen) atoms. The molecule has 0 fully saturated rings. The Morgan fingerprint density at radius 3 is 2.76 bits per heavy atom. The fraction of sp³-hybridized carbons (Fsp3) is 0.467. The first kappa shape index (κ1) is 15.7. The van der Waals surface area contributed by atoms with Crippen molar-refractivity contribution >= 4 is 22.8 Å². The van der Waals surface area contributed by atoms with Crippen LogP contribution in [0, 0.1) is 0 Å². The van der Waals surface area contributed by atoms with Crippen molar-refractivity contribution in [2.24, 2.45) is 0 Å². The molecule has 0 atom stereocenters. The second kappa shape index (κ2) is 7.38. The zero-order valence-electron chi connectivity index (χ0n) is 12.7. The van der Waals surface area contributed by atoms with Gasteiger partial charge in [-0.05, 0) is 12.1 Å². The van der Waals surface area contributed by atoms with E-state index in [-0.39, 0.29) is 6.61 Å². The van der Waals surface area contributed by atoms with Gasteiger partial charge in [0.15, 0.2) is 0 Å². The molecule has 2 rings (SSSR count). The summed E-state index contributed by atoms with van der Waals surface area (Å²) in [5, 5.41) is 15.5. The topological polar surface area (TPSA) is 61.3 Å². The molecule has 2 heterocycles. The van der Waals surface area contributed by atoms with Crippen LogP contribution in [0.2, 0.25) is 0 Å². The van der Waals surface area contributed by atoms with Crippen molar-refractivity contribution in [3.63, 3.8) is 0 Å². The van der Waals surface area contributed by atoms with Gasteiger partial charge in [0.1, 0.15) is 5.82 Å². The van der Waals surface area contributed by atoms with Gasteiger partial charge in [0.2, 0.25) is 0 Å². The van der Waals surface area contributed by atoms with E-state index in [2.05, 4.69) is 34.5 Å². The van der Waals surface area contributed by atoms with E-state index in [0.717, 1.165) is 17.2 Å². The van der Waals surface area contributed by atoms with Gasteiger partial charge in [0, 0.05) is 24.9 Å². The summed E-state index contributed by atoms with van der Waals surface area (Å²) in [7, 11) is 1.93. The second-order valence-corrected chi connectivity index (χ2v) is 6.12. The molecule has 114 valence electrons. The summed E-state index contributed by atoms with van der Waals surface area (Å²) in [6.07, 6.45) is 1.80. The molecule has 6 heteroatoms. The molecular formula is C15H22N4OS. The minimum atomic E-state index is 0.137. The third-order valence-corrected chi connectivity index (χ3v) is 4.33. The predicted molar refractivity (Wildman–Crippen MR) is 88.1 cm³/mol. The number of anilines is 2. The number of hydrogen-bond acceptors (Lipinski definition) is 6. The average Bonchev–Trinajstić information content (AvgIpc) is 2.95. The molecule has 0 bridgehead atoms. The van der Waals surface area contributed by atoms with Crippen LogP contribution in [0.4, 0.5) is 11.5 Å². The number of aliphatic hydroxyl groups excluding tert-OH is 1. The van der Waals surface area contributed by atoms with E-state index < -0.39 is 0 Å². The van der Waals surface area contributed by atoms with Gasteiger partial charge in [-0.3, -0.25) is 0 Å². The molecule has 0 aromatic carbocycles. The van der Waals surface area contributed by atoms with Crippen molar-refractivity contribution < 1.29 is 5.11 Å². The van der Waals surface area contributed by atoms with Crippen LogP contribution in [-0.4, -0.2) is 35.3 Å². The molecule has 0 spiro atoms. The zero-order chi connectivity index (χ0) is 15.2. The SMILES string of the molecule is CC(C)c1nc(CNc2ccc(N(C)CCO)cn2)cs1. The quantitative estimate of drug-likeness (QED) is 0.823. The number of aliphatic hydroxyl groups is 1. The minimum absolute atomic E-state index is 0.137. The maximum absolute atomic E-state index is 8.92. The lowest BCUT2D eigenvalue weighted by molar-refractivity contribution is 0.304. The number of nitrogens with one attached hydrogen (secondary N) is 1. The van der Waals surface area contributed by atoms with E-state index in [1.54, 1.807) is 17.5 Å². The Bertz CT molecular complexity index is 553. The maximum atomic E-state index is 8.92. The maximum Gasteiger partial charge on any atom is 0.126 e. The van der Waals surface area contributed by atoms with Crippen LogP contribution in [0.3, 0.4) is 0 Å². The molecule has 2 N–H and O–H groups in total. The van der Waals surface area contributed by atoms with Crippen LogP contribution in [0.25, 0.3) is 0 Å². The van der Waals surface area contributed by atoms with E-state index in [1.165, 1.54) is 5.01 Å². The summed E-state index contributed by atoms with van der Waals surface area (Å²) in [6, 6.07) is 3.94. The summed E-state index contributed by atoms with van der Waals surface area (Å²) < 4.78 is 0. The van der Waals surface area contributed by atoms with Crippen molar-refractivity contribution in [1.82, 2.24) is 9.97 Å². The summed E-state index contributed by atoms with van der Waals surface area (Å²) in [5.74, 6) is 1.30. The average molecular weight is 306 g/mol. The summed E-state index contributed by atoms with van der Waals surface area (Å²) in [4.78, 5) is 10.9. The standard InChI is InChI=1S/C15H22N4OS/c1-11(2)15-18-12(10-21-15)8-16-14-5-4-13(9-17-14)19(3)6-7-20/h4-5,9-11,20H,6-8H2,1-3H3,(H,16,17). The van der Waals surface area contributed by atoms with Gasteiger partial charge in [-0.1, -0.05) is 13.8 Å². The molecule has 0 aliphatic carbocycles. The minimum Gasteiger partial charge on any atom is -0.395 e. The molecule has 0 saturated heterocycles. The van der Waals surface area contributed by atoms with Crippen molar-refractivity contribution in [2.75, 3.05) is 30.4 Å². The first-order valence-electron chi connectivity index (χ1n) is 7.06. The fourth-order valence-electron chi connectivity index (χ4n) is 1.85. The Hall–Kier alpha value is -1.66. The van der Waals surface area contributed by atoms with Gasteiger partial charge in [-0.25, -0.2) is 9.97 Å². The normalized spacial score (nSPS) is 10.9. The molecule has 0 unspecified atom stereocenters. The van der Waals surface area contributed by atoms with Crippen LogP contribution < -0.4 is 10.2 Å². The Labute approximate surface area is 129 Å². The first-order valence-corrected chi connectivity index (χ1v) is 7.94. The third kappa shape index (κ3) is 4.41.